The van der Waals surface area contributed by atoms with E-state index in [9.17, 15) is 13.2 Å². The van der Waals surface area contributed by atoms with Gasteiger partial charge in [-0.3, -0.25) is 0 Å². The van der Waals surface area contributed by atoms with Crippen molar-refractivity contribution < 1.29 is 13.2 Å². The third kappa shape index (κ3) is 5.61. The third-order valence-electron chi connectivity index (χ3n) is 3.19. The Kier molecular flexibility index (Phi) is 6.66. The van der Waals surface area contributed by atoms with Crippen molar-refractivity contribution in [3.05, 3.63) is 28.8 Å². The van der Waals surface area contributed by atoms with Crippen LogP contribution in [0.2, 0.25) is 5.02 Å². The predicted octanol–water partition coefficient (Wildman–Crippen LogP) is 6.13. The Hall–Kier alpha value is -0.900. The zero-order valence-corrected chi connectivity index (χ0v) is 12.6. The molecule has 0 radical (unpaired) electrons. The number of anilines is 1. The van der Waals surface area contributed by atoms with E-state index in [1.165, 1.54) is 25.3 Å². The molecule has 5 heteroatoms. The molecule has 114 valence electrons. The monoisotopic (exact) mass is 307 g/mol. The van der Waals surface area contributed by atoms with Gasteiger partial charge in [-0.15, -0.1) is 0 Å². The first kappa shape index (κ1) is 17.2. The van der Waals surface area contributed by atoms with E-state index >= 15 is 0 Å². The van der Waals surface area contributed by atoms with Crippen molar-refractivity contribution in [1.29, 1.82) is 0 Å². The van der Waals surface area contributed by atoms with Crippen LogP contribution in [-0.4, -0.2) is 6.04 Å². The third-order valence-corrected chi connectivity index (χ3v) is 3.50. The second-order valence-electron chi connectivity index (χ2n) is 5.09. The predicted molar refractivity (Wildman–Crippen MR) is 78.3 cm³/mol. The highest BCUT2D eigenvalue weighted by molar-refractivity contribution is 6.33. The molecular weight excluding hydrogens is 287 g/mol. The lowest BCUT2D eigenvalue weighted by atomic mass is 10.1. The van der Waals surface area contributed by atoms with Crippen molar-refractivity contribution in [3.63, 3.8) is 0 Å². The van der Waals surface area contributed by atoms with Gasteiger partial charge in [0.05, 0.1) is 16.3 Å². The maximum absolute atomic E-state index is 12.5. The lowest BCUT2D eigenvalue weighted by Crippen LogP contribution is -2.15. The Balaban J connectivity index is 2.56. The largest absolute Gasteiger partial charge is 0.416 e. The van der Waals surface area contributed by atoms with Gasteiger partial charge < -0.3 is 5.32 Å². The molecule has 1 aromatic rings. The number of unbranched alkanes of at least 4 members (excludes halogenated alkanes) is 3. The fourth-order valence-corrected chi connectivity index (χ4v) is 2.26. The highest BCUT2D eigenvalue weighted by Crippen LogP contribution is 2.34. The Morgan fingerprint density at radius 1 is 1.20 bits per heavy atom. The molecule has 1 nitrogen and oxygen atoms in total. The molecule has 0 aliphatic heterocycles. The van der Waals surface area contributed by atoms with Crippen LogP contribution in [0.5, 0.6) is 0 Å². The lowest BCUT2D eigenvalue weighted by Gasteiger charge is -2.17. The average molecular weight is 308 g/mol. The second-order valence-corrected chi connectivity index (χ2v) is 5.49. The van der Waals surface area contributed by atoms with Gasteiger partial charge in [-0.1, -0.05) is 44.2 Å². The van der Waals surface area contributed by atoms with E-state index in [0.29, 0.717) is 5.69 Å². The summed E-state index contributed by atoms with van der Waals surface area (Å²) in [5.41, 5.74) is -0.161. The molecule has 1 aromatic carbocycles. The highest BCUT2D eigenvalue weighted by Gasteiger charge is 2.30. The molecule has 0 saturated heterocycles. The number of hydrogen-bond donors (Lipinski definition) is 1. The van der Waals surface area contributed by atoms with E-state index in [-0.39, 0.29) is 11.1 Å². The summed E-state index contributed by atoms with van der Waals surface area (Å²) < 4.78 is 37.6. The summed E-state index contributed by atoms with van der Waals surface area (Å²) in [6.07, 6.45) is 1.33. The van der Waals surface area contributed by atoms with Crippen molar-refractivity contribution in [1.82, 2.24) is 0 Å². The molecule has 0 amide bonds. The minimum Gasteiger partial charge on any atom is -0.381 e. The second kappa shape index (κ2) is 7.77. The van der Waals surface area contributed by atoms with E-state index in [1.54, 1.807) is 0 Å². The molecule has 1 atom stereocenters. The summed E-state index contributed by atoms with van der Waals surface area (Å²) in [4.78, 5) is 0. The fraction of sp³-hybridized carbons (Fsp3) is 0.600. The van der Waals surface area contributed by atoms with Crippen LogP contribution >= 0.6 is 11.6 Å². The maximum Gasteiger partial charge on any atom is 0.416 e. The molecule has 1 N–H and O–H groups in total. The number of benzene rings is 1. The van der Waals surface area contributed by atoms with E-state index in [2.05, 4.69) is 12.2 Å². The van der Waals surface area contributed by atoms with Crippen molar-refractivity contribution >= 4 is 17.3 Å². The smallest absolute Gasteiger partial charge is 0.381 e. The minimum absolute atomic E-state index is 0.111. The van der Waals surface area contributed by atoms with Gasteiger partial charge in [-0.2, -0.15) is 13.2 Å². The Morgan fingerprint density at radius 3 is 2.45 bits per heavy atom. The van der Waals surface area contributed by atoms with Gasteiger partial charge in [0.1, 0.15) is 0 Å². The Labute approximate surface area is 123 Å². The van der Waals surface area contributed by atoms with E-state index in [1.807, 2.05) is 6.92 Å². The van der Waals surface area contributed by atoms with Gasteiger partial charge in [0, 0.05) is 6.04 Å². The summed E-state index contributed by atoms with van der Waals surface area (Å²) in [7, 11) is 0. The van der Waals surface area contributed by atoms with Crippen molar-refractivity contribution in [2.24, 2.45) is 0 Å². The van der Waals surface area contributed by atoms with Gasteiger partial charge in [-0.05, 0) is 31.5 Å². The number of nitrogens with one attached hydrogen (secondary N) is 1. The fourth-order valence-electron chi connectivity index (χ4n) is 2.02. The molecule has 1 rings (SSSR count). The lowest BCUT2D eigenvalue weighted by molar-refractivity contribution is -0.137. The summed E-state index contributed by atoms with van der Waals surface area (Å²) >= 11 is 5.90. The topological polar surface area (TPSA) is 12.0 Å². The SMILES string of the molecule is CCCCCCC(C)Nc1ccc(C(F)(F)F)cc1Cl. The molecule has 0 spiro atoms. The molecule has 20 heavy (non-hydrogen) atoms. The highest BCUT2D eigenvalue weighted by atomic mass is 35.5. The van der Waals surface area contributed by atoms with Gasteiger partial charge in [0.2, 0.25) is 0 Å². The zero-order valence-electron chi connectivity index (χ0n) is 11.9. The van der Waals surface area contributed by atoms with Gasteiger partial charge in [0.15, 0.2) is 0 Å². The van der Waals surface area contributed by atoms with Crippen LogP contribution in [0.25, 0.3) is 0 Å². The molecule has 0 aliphatic carbocycles. The molecule has 0 heterocycles. The van der Waals surface area contributed by atoms with Gasteiger partial charge in [0.25, 0.3) is 0 Å². The normalized spacial score (nSPS) is 13.3. The molecule has 1 unspecified atom stereocenters. The van der Waals surface area contributed by atoms with E-state index in [4.69, 9.17) is 11.6 Å². The molecule has 0 bridgehead atoms. The summed E-state index contributed by atoms with van der Waals surface area (Å²) in [5, 5.41) is 3.28. The Bertz CT molecular complexity index is 418. The Morgan fingerprint density at radius 2 is 1.90 bits per heavy atom. The summed E-state index contributed by atoms with van der Waals surface area (Å²) in [6.45, 7) is 4.17. The van der Waals surface area contributed by atoms with Crippen LogP contribution in [0.3, 0.4) is 0 Å². The van der Waals surface area contributed by atoms with Crippen LogP contribution in [0.1, 0.15) is 51.5 Å². The van der Waals surface area contributed by atoms with Crippen molar-refractivity contribution in [2.75, 3.05) is 5.32 Å². The van der Waals surface area contributed by atoms with E-state index in [0.717, 1.165) is 25.0 Å². The average Bonchev–Trinajstić information content (AvgIpc) is 2.36. The first-order valence-corrected chi connectivity index (χ1v) is 7.35. The number of hydrogen-bond acceptors (Lipinski definition) is 1. The van der Waals surface area contributed by atoms with Crippen LogP contribution in [0, 0.1) is 0 Å². The first-order chi connectivity index (χ1) is 9.34. The molecule has 0 fully saturated rings. The number of halogens is 4. The van der Waals surface area contributed by atoms with Gasteiger partial charge >= 0.3 is 6.18 Å². The number of alkyl halides is 3. The first-order valence-electron chi connectivity index (χ1n) is 6.98. The summed E-state index contributed by atoms with van der Waals surface area (Å²) in [5.74, 6) is 0. The molecular formula is C15H21ClF3N. The van der Waals surface area contributed by atoms with Crippen LogP contribution in [0.4, 0.5) is 18.9 Å². The van der Waals surface area contributed by atoms with Crippen LogP contribution in [-0.2, 0) is 6.18 Å². The van der Waals surface area contributed by atoms with E-state index < -0.39 is 11.7 Å². The number of rotatable bonds is 7. The quantitative estimate of drug-likeness (QED) is 0.597. The zero-order chi connectivity index (χ0) is 15.2. The minimum atomic E-state index is -4.35. The van der Waals surface area contributed by atoms with Crippen LogP contribution in [0.15, 0.2) is 18.2 Å². The summed E-state index contributed by atoms with van der Waals surface area (Å²) in [6, 6.07) is 3.61. The molecule has 0 aliphatic rings. The maximum atomic E-state index is 12.5. The molecule has 0 aromatic heterocycles. The molecule has 0 saturated carbocycles. The standard InChI is InChI=1S/C15H21ClF3N/c1-3-4-5-6-7-11(2)20-14-9-8-12(10-13(14)16)15(17,18)19/h8-11,20H,3-7H2,1-2H3. The van der Waals surface area contributed by atoms with Gasteiger partial charge in [-0.25, -0.2) is 0 Å². The van der Waals surface area contributed by atoms with Crippen LogP contribution < -0.4 is 5.32 Å². The van der Waals surface area contributed by atoms with Crippen molar-refractivity contribution in [2.45, 2.75) is 58.2 Å². The van der Waals surface area contributed by atoms with Crippen molar-refractivity contribution in [3.8, 4) is 0 Å².